The van der Waals surface area contributed by atoms with E-state index < -0.39 is 78.2 Å². The topological polar surface area (TPSA) is 92.7 Å². The zero-order valence-electron chi connectivity index (χ0n) is 17.4. The van der Waals surface area contributed by atoms with Gasteiger partial charge in [-0.2, -0.15) is 39.5 Å². The minimum atomic E-state index is -5.40. The molecule has 0 atom stereocenters. The molecule has 3 rings (SSSR count). The first-order valence-electron chi connectivity index (χ1n) is 9.31. The standard InChI is InChI=1S/C20H10F9NO5S2/c21-18(22,23)9-1-2-14(35-15-3-4-36-16(15)17(31)32)13(8-9)30-37(33,34)12-6-10(19(24,25)26)5-11(7-12)20(27,28)29/h1-8,30H,(H,31,32). The van der Waals surface area contributed by atoms with Crippen molar-refractivity contribution in [2.24, 2.45) is 0 Å². The highest BCUT2D eigenvalue weighted by Gasteiger charge is 2.39. The molecule has 2 N–H and O–H groups in total. The highest BCUT2D eigenvalue weighted by atomic mass is 32.2. The average Bonchev–Trinajstić information content (AvgIpc) is 3.21. The summed E-state index contributed by atoms with van der Waals surface area (Å²) in [6.07, 6.45) is -15.8. The number of halogens is 9. The third kappa shape index (κ3) is 6.46. The quantitative estimate of drug-likeness (QED) is 0.304. The van der Waals surface area contributed by atoms with Crippen LogP contribution in [0.3, 0.4) is 0 Å². The maximum absolute atomic E-state index is 13.2. The Hall–Kier alpha value is -3.47. The molecule has 0 amide bonds. The van der Waals surface area contributed by atoms with E-state index in [2.05, 4.69) is 0 Å². The van der Waals surface area contributed by atoms with Gasteiger partial charge in [-0.25, -0.2) is 13.2 Å². The predicted molar refractivity (Wildman–Crippen MR) is 110 cm³/mol. The summed E-state index contributed by atoms with van der Waals surface area (Å²) in [4.78, 5) is 9.28. The van der Waals surface area contributed by atoms with Crippen molar-refractivity contribution < 1.29 is 62.6 Å². The van der Waals surface area contributed by atoms with E-state index in [0.717, 1.165) is 6.07 Å². The van der Waals surface area contributed by atoms with Gasteiger partial charge in [0, 0.05) is 0 Å². The lowest BCUT2D eigenvalue weighted by molar-refractivity contribution is -0.143. The van der Waals surface area contributed by atoms with E-state index in [4.69, 9.17) is 9.84 Å². The number of hydrogen-bond acceptors (Lipinski definition) is 5. The van der Waals surface area contributed by atoms with Crippen molar-refractivity contribution >= 4 is 33.0 Å². The van der Waals surface area contributed by atoms with E-state index in [1.807, 2.05) is 0 Å². The first-order valence-corrected chi connectivity index (χ1v) is 11.7. The molecule has 0 radical (unpaired) electrons. The molecule has 1 heterocycles. The third-order valence-electron chi connectivity index (χ3n) is 4.47. The Balaban J connectivity index is 2.15. The summed E-state index contributed by atoms with van der Waals surface area (Å²) in [5.74, 6) is -2.64. The molecule has 0 spiro atoms. The second-order valence-corrected chi connectivity index (χ2v) is 9.68. The monoisotopic (exact) mass is 579 g/mol. The molecular formula is C20H10F9NO5S2. The van der Waals surface area contributed by atoms with Crippen molar-refractivity contribution in [1.82, 2.24) is 0 Å². The first-order chi connectivity index (χ1) is 16.8. The van der Waals surface area contributed by atoms with Crippen molar-refractivity contribution in [1.29, 1.82) is 0 Å². The van der Waals surface area contributed by atoms with Crippen LogP contribution in [-0.4, -0.2) is 19.5 Å². The Bertz CT molecular complexity index is 1410. The summed E-state index contributed by atoms with van der Waals surface area (Å²) in [6.45, 7) is 0. The number of carboxylic acid groups (broad SMARTS) is 1. The number of aromatic carboxylic acids is 1. The number of sulfonamides is 1. The van der Waals surface area contributed by atoms with Crippen molar-refractivity contribution in [3.8, 4) is 11.5 Å². The fraction of sp³-hybridized carbons (Fsp3) is 0.150. The van der Waals surface area contributed by atoms with Crippen LogP contribution < -0.4 is 9.46 Å². The molecule has 0 saturated carbocycles. The molecule has 0 saturated heterocycles. The lowest BCUT2D eigenvalue weighted by Crippen LogP contribution is -2.18. The molecule has 0 bridgehead atoms. The van der Waals surface area contributed by atoms with Crippen molar-refractivity contribution in [2.75, 3.05) is 4.72 Å². The molecular weight excluding hydrogens is 569 g/mol. The lowest BCUT2D eigenvalue weighted by atomic mass is 10.1. The van der Waals surface area contributed by atoms with Crippen LogP contribution in [-0.2, 0) is 28.6 Å². The van der Waals surface area contributed by atoms with Crippen LogP contribution in [0.4, 0.5) is 45.2 Å². The highest BCUT2D eigenvalue weighted by molar-refractivity contribution is 7.92. The molecule has 37 heavy (non-hydrogen) atoms. The predicted octanol–water partition coefficient (Wildman–Crippen LogP) is 7.10. The molecule has 1 aromatic heterocycles. The Morgan fingerprint density at radius 2 is 1.32 bits per heavy atom. The van der Waals surface area contributed by atoms with E-state index in [0.29, 0.717) is 23.5 Å². The smallest absolute Gasteiger partial charge is 0.416 e. The number of anilines is 1. The molecule has 0 unspecified atom stereocenters. The molecule has 3 aromatic rings. The number of alkyl halides is 9. The normalized spacial score (nSPS) is 12.9. The fourth-order valence-corrected chi connectivity index (χ4v) is 4.60. The van der Waals surface area contributed by atoms with Gasteiger partial charge in [-0.3, -0.25) is 4.72 Å². The second-order valence-electron chi connectivity index (χ2n) is 7.08. The van der Waals surface area contributed by atoms with Gasteiger partial charge in [-0.15, -0.1) is 11.3 Å². The van der Waals surface area contributed by atoms with Gasteiger partial charge >= 0.3 is 24.5 Å². The van der Waals surface area contributed by atoms with Gasteiger partial charge in [0.15, 0.2) is 16.4 Å². The van der Waals surface area contributed by atoms with E-state index in [1.165, 1.54) is 10.1 Å². The number of ether oxygens (including phenoxy) is 1. The number of thiophene rings is 1. The van der Waals surface area contributed by atoms with Crippen LogP contribution in [0.5, 0.6) is 11.5 Å². The van der Waals surface area contributed by atoms with Gasteiger partial charge in [0.1, 0.15) is 0 Å². The minimum absolute atomic E-state index is 0.132. The van der Waals surface area contributed by atoms with Crippen molar-refractivity contribution in [2.45, 2.75) is 23.4 Å². The molecule has 0 fully saturated rings. The van der Waals surface area contributed by atoms with Crippen molar-refractivity contribution in [3.63, 3.8) is 0 Å². The molecule has 0 aliphatic heterocycles. The van der Waals surface area contributed by atoms with E-state index >= 15 is 0 Å². The van der Waals surface area contributed by atoms with E-state index in [-0.39, 0.29) is 24.3 Å². The lowest BCUT2D eigenvalue weighted by Gasteiger charge is -2.18. The zero-order valence-corrected chi connectivity index (χ0v) is 19.1. The summed E-state index contributed by atoms with van der Waals surface area (Å²) >= 11 is 0.652. The summed E-state index contributed by atoms with van der Waals surface area (Å²) in [5, 5.41) is 10.4. The highest BCUT2D eigenvalue weighted by Crippen LogP contribution is 2.41. The SMILES string of the molecule is O=C(O)c1sccc1Oc1ccc(C(F)(F)F)cc1NS(=O)(=O)c1cc(C(F)(F)F)cc(C(F)(F)F)c1. The number of carbonyl (C=O) groups is 1. The number of carboxylic acids is 1. The number of nitrogens with one attached hydrogen (secondary N) is 1. The van der Waals surface area contributed by atoms with Crippen LogP contribution in [0, 0.1) is 0 Å². The van der Waals surface area contributed by atoms with Crippen LogP contribution in [0.15, 0.2) is 52.7 Å². The zero-order chi connectivity index (χ0) is 28.0. The van der Waals surface area contributed by atoms with E-state index in [9.17, 15) is 52.7 Å². The maximum Gasteiger partial charge on any atom is 0.416 e. The van der Waals surface area contributed by atoms with E-state index in [1.54, 1.807) is 0 Å². The van der Waals surface area contributed by atoms with Gasteiger partial charge in [0.25, 0.3) is 10.0 Å². The molecule has 0 aliphatic carbocycles. The summed E-state index contributed by atoms with van der Waals surface area (Å²) in [5.41, 5.74) is -6.45. The molecule has 0 aliphatic rings. The Kier molecular flexibility index (Phi) is 7.17. The third-order valence-corrected chi connectivity index (χ3v) is 6.69. The van der Waals surface area contributed by atoms with Crippen LogP contribution in [0.25, 0.3) is 0 Å². The van der Waals surface area contributed by atoms with Crippen LogP contribution in [0.2, 0.25) is 0 Å². The fourth-order valence-electron chi connectivity index (χ4n) is 2.81. The summed E-state index contributed by atoms with van der Waals surface area (Å²) < 4.78 is 151. The number of hydrogen-bond donors (Lipinski definition) is 2. The molecule has 17 heteroatoms. The molecule has 200 valence electrons. The van der Waals surface area contributed by atoms with Gasteiger partial charge in [-0.1, -0.05) is 0 Å². The van der Waals surface area contributed by atoms with Crippen LogP contribution >= 0.6 is 11.3 Å². The number of benzene rings is 2. The molecule has 6 nitrogen and oxygen atoms in total. The van der Waals surface area contributed by atoms with Gasteiger partial charge in [-0.05, 0) is 47.8 Å². The summed E-state index contributed by atoms with van der Waals surface area (Å²) in [6, 6.07) is 1.70. The Morgan fingerprint density at radius 3 is 1.81 bits per heavy atom. The summed E-state index contributed by atoms with van der Waals surface area (Å²) in [7, 11) is -5.38. The van der Waals surface area contributed by atoms with Crippen LogP contribution in [0.1, 0.15) is 26.4 Å². The van der Waals surface area contributed by atoms with Crippen molar-refractivity contribution in [3.05, 3.63) is 69.4 Å². The Labute approximate surface area is 205 Å². The minimum Gasteiger partial charge on any atom is -0.477 e. The number of rotatable bonds is 6. The average molecular weight is 579 g/mol. The van der Waals surface area contributed by atoms with Gasteiger partial charge < -0.3 is 9.84 Å². The van der Waals surface area contributed by atoms with Gasteiger partial charge in [0.05, 0.1) is 27.3 Å². The first kappa shape index (κ1) is 28.1. The Morgan fingerprint density at radius 1 is 0.784 bits per heavy atom. The molecule has 2 aromatic carbocycles. The second kappa shape index (κ2) is 9.44. The largest absolute Gasteiger partial charge is 0.477 e. The maximum atomic E-state index is 13.2. The van der Waals surface area contributed by atoms with Gasteiger partial charge in [0.2, 0.25) is 0 Å².